The third-order valence-electron chi connectivity index (χ3n) is 6.14. The highest BCUT2D eigenvalue weighted by atomic mass is 16.5. The van der Waals surface area contributed by atoms with Gasteiger partial charge in [-0.2, -0.15) is 0 Å². The van der Waals surface area contributed by atoms with Crippen LogP contribution in [0.5, 0.6) is 0 Å². The van der Waals surface area contributed by atoms with Gasteiger partial charge in [-0.05, 0) is 65.1 Å². The average molecular weight is 345 g/mol. The zero-order chi connectivity index (χ0) is 17.9. The molecular formula is C22H36N2O. The second-order valence-corrected chi connectivity index (χ2v) is 8.80. The van der Waals surface area contributed by atoms with Crippen molar-refractivity contribution in [2.45, 2.75) is 70.1 Å². The second kappa shape index (κ2) is 7.77. The van der Waals surface area contributed by atoms with Crippen LogP contribution in [0.1, 0.15) is 52.0 Å². The summed E-state index contributed by atoms with van der Waals surface area (Å²) in [6, 6.07) is 11.6. The Morgan fingerprint density at radius 3 is 2.44 bits per heavy atom. The maximum atomic E-state index is 6.63. The van der Waals surface area contributed by atoms with Gasteiger partial charge in [0.05, 0.1) is 11.2 Å². The molecule has 0 bridgehead atoms. The molecule has 1 spiro atoms. The summed E-state index contributed by atoms with van der Waals surface area (Å²) in [7, 11) is 2.30. The van der Waals surface area contributed by atoms with Crippen LogP contribution in [-0.4, -0.2) is 60.3 Å². The van der Waals surface area contributed by atoms with Crippen molar-refractivity contribution in [1.29, 1.82) is 0 Å². The van der Waals surface area contributed by atoms with E-state index in [1.54, 1.807) is 0 Å². The van der Waals surface area contributed by atoms with Gasteiger partial charge in [-0.15, -0.1) is 0 Å². The van der Waals surface area contributed by atoms with Crippen LogP contribution in [0.15, 0.2) is 30.3 Å². The summed E-state index contributed by atoms with van der Waals surface area (Å²) in [6.07, 6.45) is 6.07. The van der Waals surface area contributed by atoms with Crippen LogP contribution in [0.2, 0.25) is 0 Å². The highest BCUT2D eigenvalue weighted by Gasteiger charge is 2.46. The topological polar surface area (TPSA) is 15.7 Å². The molecule has 140 valence electrons. The Balaban J connectivity index is 1.52. The van der Waals surface area contributed by atoms with Gasteiger partial charge in [0.2, 0.25) is 0 Å². The Morgan fingerprint density at radius 2 is 1.80 bits per heavy atom. The molecule has 0 aromatic heterocycles. The van der Waals surface area contributed by atoms with Gasteiger partial charge in [0.1, 0.15) is 0 Å². The largest absolute Gasteiger partial charge is 0.366 e. The van der Waals surface area contributed by atoms with E-state index in [9.17, 15) is 0 Å². The van der Waals surface area contributed by atoms with E-state index in [0.717, 1.165) is 32.6 Å². The van der Waals surface area contributed by atoms with Gasteiger partial charge in [-0.3, -0.25) is 4.90 Å². The number of hydrogen-bond acceptors (Lipinski definition) is 3. The van der Waals surface area contributed by atoms with Crippen molar-refractivity contribution in [3.05, 3.63) is 35.9 Å². The van der Waals surface area contributed by atoms with Gasteiger partial charge in [-0.25, -0.2) is 0 Å². The number of nitrogens with zero attached hydrogens (tertiary/aromatic N) is 2. The molecule has 0 amide bonds. The van der Waals surface area contributed by atoms with Crippen molar-refractivity contribution in [2.75, 3.05) is 33.2 Å². The molecule has 1 aromatic rings. The minimum absolute atomic E-state index is 0.0136. The molecule has 0 N–H and O–H groups in total. The first kappa shape index (κ1) is 18.9. The third kappa shape index (κ3) is 4.84. The minimum Gasteiger partial charge on any atom is -0.366 e. The Hall–Kier alpha value is -0.900. The molecule has 1 aliphatic carbocycles. The van der Waals surface area contributed by atoms with Gasteiger partial charge in [0.15, 0.2) is 0 Å². The molecule has 1 heterocycles. The quantitative estimate of drug-likeness (QED) is 0.804. The maximum Gasteiger partial charge on any atom is 0.0817 e. The van der Waals surface area contributed by atoms with Crippen LogP contribution >= 0.6 is 0 Å². The molecule has 3 nitrogen and oxygen atoms in total. The SMILES string of the molecule is CCN1CC(C)(C)O[C@]2(CC[C@H](N(C)CCc3ccccc3)CC2)C1. The maximum absolute atomic E-state index is 6.63. The summed E-state index contributed by atoms with van der Waals surface area (Å²) in [5.74, 6) is 0. The lowest BCUT2D eigenvalue weighted by Gasteiger charge is -2.53. The Bertz CT molecular complexity index is 534. The molecule has 2 fully saturated rings. The second-order valence-electron chi connectivity index (χ2n) is 8.80. The number of hydrogen-bond donors (Lipinski definition) is 0. The van der Waals surface area contributed by atoms with E-state index in [0.29, 0.717) is 6.04 Å². The molecule has 2 aliphatic rings. The third-order valence-corrected chi connectivity index (χ3v) is 6.14. The molecule has 0 atom stereocenters. The predicted molar refractivity (Wildman–Crippen MR) is 105 cm³/mol. The van der Waals surface area contributed by atoms with Crippen molar-refractivity contribution in [1.82, 2.24) is 9.80 Å². The number of benzene rings is 1. The van der Waals surface area contributed by atoms with Crippen LogP contribution in [0.25, 0.3) is 0 Å². The van der Waals surface area contributed by atoms with E-state index in [1.165, 1.54) is 31.2 Å². The van der Waals surface area contributed by atoms with E-state index >= 15 is 0 Å². The first-order valence-corrected chi connectivity index (χ1v) is 10.1. The van der Waals surface area contributed by atoms with E-state index in [1.807, 2.05) is 0 Å². The lowest BCUT2D eigenvalue weighted by molar-refractivity contribution is -0.211. The first-order chi connectivity index (χ1) is 11.9. The van der Waals surface area contributed by atoms with Crippen LogP contribution in [0.4, 0.5) is 0 Å². The van der Waals surface area contributed by atoms with Crippen LogP contribution < -0.4 is 0 Å². The van der Waals surface area contributed by atoms with Crippen molar-refractivity contribution in [3.8, 4) is 0 Å². The highest BCUT2D eigenvalue weighted by molar-refractivity contribution is 5.14. The van der Waals surface area contributed by atoms with E-state index in [2.05, 4.69) is 68.0 Å². The van der Waals surface area contributed by atoms with Crippen molar-refractivity contribution in [3.63, 3.8) is 0 Å². The minimum atomic E-state index is -0.0136. The molecule has 1 aromatic carbocycles. The summed E-state index contributed by atoms with van der Waals surface area (Å²) in [5, 5.41) is 0. The Kier molecular flexibility index (Phi) is 5.87. The van der Waals surface area contributed by atoms with E-state index in [4.69, 9.17) is 4.74 Å². The number of likely N-dealkylation sites (N-methyl/N-ethyl adjacent to an activating group) is 2. The van der Waals surface area contributed by atoms with Crippen molar-refractivity contribution < 1.29 is 4.74 Å². The lowest BCUT2D eigenvalue weighted by atomic mass is 9.79. The fraction of sp³-hybridized carbons (Fsp3) is 0.727. The zero-order valence-electron chi connectivity index (χ0n) is 16.6. The van der Waals surface area contributed by atoms with Gasteiger partial charge in [-0.1, -0.05) is 37.3 Å². The number of ether oxygens (including phenoxy) is 1. The highest BCUT2D eigenvalue weighted by Crippen LogP contribution is 2.40. The molecule has 1 saturated carbocycles. The molecule has 3 heteroatoms. The Labute approximate surface area is 154 Å². The summed E-state index contributed by atoms with van der Waals surface area (Å²) in [5.41, 5.74) is 1.52. The van der Waals surface area contributed by atoms with Crippen molar-refractivity contribution in [2.24, 2.45) is 0 Å². The van der Waals surface area contributed by atoms with E-state index in [-0.39, 0.29) is 11.2 Å². The molecule has 1 saturated heterocycles. The lowest BCUT2D eigenvalue weighted by Crippen LogP contribution is -2.61. The first-order valence-electron chi connectivity index (χ1n) is 10.1. The summed E-state index contributed by atoms with van der Waals surface area (Å²) < 4.78 is 6.63. The van der Waals surface area contributed by atoms with E-state index < -0.39 is 0 Å². The molecular weight excluding hydrogens is 308 g/mol. The summed E-state index contributed by atoms with van der Waals surface area (Å²) in [4.78, 5) is 5.16. The molecule has 25 heavy (non-hydrogen) atoms. The summed E-state index contributed by atoms with van der Waals surface area (Å²) in [6.45, 7) is 11.3. The Morgan fingerprint density at radius 1 is 1.12 bits per heavy atom. The van der Waals surface area contributed by atoms with Crippen LogP contribution in [0.3, 0.4) is 0 Å². The molecule has 0 unspecified atom stereocenters. The normalized spacial score (nSPS) is 30.0. The standard InChI is InChI=1S/C22H36N2O/c1-5-24-17-21(2,3)25-22(18-24)14-11-20(12-15-22)23(4)16-13-19-9-7-6-8-10-19/h6-10,20H,5,11-18H2,1-4H3/t20-,22-. The molecule has 0 radical (unpaired) electrons. The van der Waals surface area contributed by atoms with Gasteiger partial charge in [0.25, 0.3) is 0 Å². The smallest absolute Gasteiger partial charge is 0.0817 e. The fourth-order valence-electron chi connectivity index (χ4n) is 4.84. The number of morpholine rings is 1. The predicted octanol–water partition coefficient (Wildman–Crippen LogP) is 3.97. The molecule has 1 aliphatic heterocycles. The number of rotatable bonds is 5. The van der Waals surface area contributed by atoms with Crippen LogP contribution in [0, 0.1) is 0 Å². The fourth-order valence-corrected chi connectivity index (χ4v) is 4.84. The summed E-state index contributed by atoms with van der Waals surface area (Å²) >= 11 is 0. The monoisotopic (exact) mass is 344 g/mol. The zero-order valence-corrected chi connectivity index (χ0v) is 16.6. The molecule has 3 rings (SSSR count). The van der Waals surface area contributed by atoms with Gasteiger partial charge >= 0.3 is 0 Å². The van der Waals surface area contributed by atoms with Gasteiger partial charge in [0, 0.05) is 25.7 Å². The van der Waals surface area contributed by atoms with Gasteiger partial charge < -0.3 is 9.64 Å². The van der Waals surface area contributed by atoms with Crippen molar-refractivity contribution >= 4 is 0 Å². The average Bonchev–Trinajstić information content (AvgIpc) is 2.59. The van der Waals surface area contributed by atoms with Crippen LogP contribution in [-0.2, 0) is 11.2 Å².